The topological polar surface area (TPSA) is 95.7 Å². The smallest absolute Gasteiger partial charge is 0.243 e. The molecule has 0 bridgehead atoms. The number of carbonyl (C=O) groups is 1. The fourth-order valence-corrected chi connectivity index (χ4v) is 4.18. The van der Waals surface area contributed by atoms with E-state index in [0.717, 1.165) is 0 Å². The molecule has 1 aromatic carbocycles. The summed E-state index contributed by atoms with van der Waals surface area (Å²) in [5.74, 6) is -0.476. The van der Waals surface area contributed by atoms with Gasteiger partial charge in [-0.3, -0.25) is 4.79 Å². The predicted molar refractivity (Wildman–Crippen MR) is 107 cm³/mol. The van der Waals surface area contributed by atoms with Gasteiger partial charge in [0.1, 0.15) is 0 Å². The van der Waals surface area contributed by atoms with Crippen molar-refractivity contribution < 1.29 is 13.2 Å². The van der Waals surface area contributed by atoms with Crippen LogP contribution >= 0.6 is 24.8 Å². The van der Waals surface area contributed by atoms with Crippen molar-refractivity contribution in [3.63, 3.8) is 0 Å². The second kappa shape index (κ2) is 11.1. The Morgan fingerprint density at radius 1 is 1.19 bits per heavy atom. The van der Waals surface area contributed by atoms with Gasteiger partial charge in [-0.25, -0.2) is 8.42 Å². The van der Waals surface area contributed by atoms with Crippen molar-refractivity contribution in [1.82, 2.24) is 14.5 Å². The summed E-state index contributed by atoms with van der Waals surface area (Å²) in [5.41, 5.74) is 6.07. The monoisotopic (exact) mass is 426 g/mol. The maximum Gasteiger partial charge on any atom is 0.243 e. The molecule has 10 heteroatoms. The molecule has 0 aliphatic carbocycles. The van der Waals surface area contributed by atoms with Crippen LogP contribution in [0.5, 0.6) is 0 Å². The first-order valence-corrected chi connectivity index (χ1v) is 9.54. The molecule has 150 valence electrons. The van der Waals surface area contributed by atoms with Crippen LogP contribution in [0.15, 0.2) is 29.2 Å². The number of sulfonamides is 1. The summed E-state index contributed by atoms with van der Waals surface area (Å²) in [6, 6.07) is 6.81. The summed E-state index contributed by atoms with van der Waals surface area (Å²) in [6.07, 6.45) is 0. The number of halogens is 2. The van der Waals surface area contributed by atoms with Gasteiger partial charge < -0.3 is 16.0 Å². The SMILES string of the molecule is CC(CN)C(=O)NCc1ccccc1S(=O)(=O)N1CCN(C)CC1.Cl.Cl. The zero-order chi connectivity index (χ0) is 17.7. The van der Waals surface area contributed by atoms with Crippen LogP contribution in [-0.4, -0.2) is 63.3 Å². The Morgan fingerprint density at radius 3 is 2.35 bits per heavy atom. The zero-order valence-electron chi connectivity index (χ0n) is 15.1. The highest BCUT2D eigenvalue weighted by molar-refractivity contribution is 7.89. The van der Waals surface area contributed by atoms with E-state index in [9.17, 15) is 13.2 Å². The van der Waals surface area contributed by atoms with E-state index in [4.69, 9.17) is 5.73 Å². The number of amides is 1. The molecule has 26 heavy (non-hydrogen) atoms. The van der Waals surface area contributed by atoms with Crippen molar-refractivity contribution in [2.45, 2.75) is 18.4 Å². The number of nitrogens with zero attached hydrogens (tertiary/aromatic N) is 2. The van der Waals surface area contributed by atoms with Crippen molar-refractivity contribution in [2.24, 2.45) is 11.7 Å². The highest BCUT2D eigenvalue weighted by atomic mass is 35.5. The van der Waals surface area contributed by atoms with Crippen LogP contribution < -0.4 is 11.1 Å². The van der Waals surface area contributed by atoms with Gasteiger partial charge in [-0.1, -0.05) is 25.1 Å². The zero-order valence-corrected chi connectivity index (χ0v) is 17.5. The lowest BCUT2D eigenvalue weighted by molar-refractivity contribution is -0.124. The maximum atomic E-state index is 12.9. The number of rotatable bonds is 6. The summed E-state index contributed by atoms with van der Waals surface area (Å²) < 4.78 is 27.4. The van der Waals surface area contributed by atoms with Gasteiger partial charge in [0.05, 0.1) is 4.90 Å². The summed E-state index contributed by atoms with van der Waals surface area (Å²) in [5, 5.41) is 2.76. The minimum atomic E-state index is -3.56. The number of nitrogens with two attached hydrogens (primary N) is 1. The Kier molecular flexibility index (Phi) is 10.7. The maximum absolute atomic E-state index is 12.9. The largest absolute Gasteiger partial charge is 0.352 e. The molecule has 0 radical (unpaired) electrons. The van der Waals surface area contributed by atoms with E-state index in [-0.39, 0.29) is 54.6 Å². The van der Waals surface area contributed by atoms with E-state index in [1.165, 1.54) is 4.31 Å². The van der Waals surface area contributed by atoms with E-state index in [0.29, 0.717) is 31.7 Å². The molecule has 1 amide bonds. The first-order chi connectivity index (χ1) is 11.4. The predicted octanol–water partition coefficient (Wildman–Crippen LogP) is 0.677. The number of hydrogen-bond donors (Lipinski definition) is 2. The minimum Gasteiger partial charge on any atom is -0.352 e. The second-order valence-electron chi connectivity index (χ2n) is 6.17. The third-order valence-electron chi connectivity index (χ3n) is 4.31. The van der Waals surface area contributed by atoms with Crippen molar-refractivity contribution in [2.75, 3.05) is 39.8 Å². The van der Waals surface area contributed by atoms with Gasteiger partial charge in [-0.2, -0.15) is 4.31 Å². The van der Waals surface area contributed by atoms with Gasteiger partial charge in [0.2, 0.25) is 15.9 Å². The van der Waals surface area contributed by atoms with Crippen LogP contribution in [-0.2, 0) is 21.4 Å². The molecule has 1 aromatic rings. The van der Waals surface area contributed by atoms with Crippen molar-refractivity contribution >= 4 is 40.7 Å². The average Bonchev–Trinajstić information content (AvgIpc) is 2.59. The number of nitrogens with one attached hydrogen (secondary N) is 1. The first-order valence-electron chi connectivity index (χ1n) is 8.10. The quantitative estimate of drug-likeness (QED) is 0.696. The lowest BCUT2D eigenvalue weighted by Crippen LogP contribution is -2.47. The lowest BCUT2D eigenvalue weighted by Gasteiger charge is -2.32. The van der Waals surface area contributed by atoms with Gasteiger partial charge in [0, 0.05) is 45.2 Å². The summed E-state index contributed by atoms with van der Waals surface area (Å²) in [4.78, 5) is 14.3. The average molecular weight is 427 g/mol. The van der Waals surface area contributed by atoms with Crippen molar-refractivity contribution in [3.05, 3.63) is 29.8 Å². The van der Waals surface area contributed by atoms with E-state index < -0.39 is 10.0 Å². The number of likely N-dealkylation sites (N-methyl/N-ethyl adjacent to an activating group) is 1. The van der Waals surface area contributed by atoms with Crippen LogP contribution in [0.25, 0.3) is 0 Å². The first kappa shape index (κ1) is 25.1. The number of benzene rings is 1. The Balaban J connectivity index is 0.00000312. The Hall–Kier alpha value is -0.900. The molecular weight excluding hydrogens is 399 g/mol. The van der Waals surface area contributed by atoms with Gasteiger partial charge in [-0.15, -0.1) is 24.8 Å². The molecule has 0 aromatic heterocycles. The molecule has 3 N–H and O–H groups in total. The van der Waals surface area contributed by atoms with Crippen LogP contribution in [0.3, 0.4) is 0 Å². The number of piperazine rings is 1. The van der Waals surface area contributed by atoms with Crippen molar-refractivity contribution in [1.29, 1.82) is 0 Å². The molecule has 1 atom stereocenters. The Bertz CT molecular complexity index is 680. The molecule has 7 nitrogen and oxygen atoms in total. The fraction of sp³-hybridized carbons (Fsp3) is 0.562. The van der Waals surface area contributed by atoms with Gasteiger partial charge in [0.15, 0.2) is 0 Å². The van der Waals surface area contributed by atoms with Crippen LogP contribution in [0.2, 0.25) is 0 Å². The van der Waals surface area contributed by atoms with Crippen molar-refractivity contribution in [3.8, 4) is 0 Å². The van der Waals surface area contributed by atoms with Gasteiger partial charge in [-0.05, 0) is 18.7 Å². The van der Waals surface area contributed by atoms with E-state index in [1.807, 2.05) is 7.05 Å². The fourth-order valence-electron chi connectivity index (χ4n) is 2.53. The molecule has 1 aliphatic rings. The summed E-state index contributed by atoms with van der Waals surface area (Å²) >= 11 is 0. The molecule has 1 heterocycles. The normalized spacial score (nSPS) is 16.9. The minimum absolute atomic E-state index is 0. The lowest BCUT2D eigenvalue weighted by atomic mass is 10.1. The van der Waals surface area contributed by atoms with E-state index in [1.54, 1.807) is 31.2 Å². The third-order valence-corrected chi connectivity index (χ3v) is 6.31. The molecule has 0 spiro atoms. The number of hydrogen-bond acceptors (Lipinski definition) is 5. The molecule has 1 saturated heterocycles. The Labute approximate surface area is 168 Å². The third kappa shape index (κ3) is 6.07. The molecule has 1 unspecified atom stereocenters. The van der Waals surface area contributed by atoms with Crippen LogP contribution in [0.1, 0.15) is 12.5 Å². The van der Waals surface area contributed by atoms with E-state index in [2.05, 4.69) is 10.2 Å². The summed E-state index contributed by atoms with van der Waals surface area (Å²) in [7, 11) is -1.58. The van der Waals surface area contributed by atoms with Crippen LogP contribution in [0.4, 0.5) is 0 Å². The molecular formula is C16H28Cl2N4O3S. The molecule has 1 fully saturated rings. The van der Waals surface area contributed by atoms with Crippen LogP contribution in [0, 0.1) is 5.92 Å². The highest BCUT2D eigenvalue weighted by Gasteiger charge is 2.29. The van der Waals surface area contributed by atoms with Gasteiger partial charge >= 0.3 is 0 Å². The molecule has 1 aliphatic heterocycles. The summed E-state index contributed by atoms with van der Waals surface area (Å²) in [6.45, 7) is 4.55. The molecule has 0 saturated carbocycles. The number of carbonyl (C=O) groups excluding carboxylic acids is 1. The highest BCUT2D eigenvalue weighted by Crippen LogP contribution is 2.21. The second-order valence-corrected chi connectivity index (χ2v) is 8.08. The van der Waals surface area contributed by atoms with Gasteiger partial charge in [0.25, 0.3) is 0 Å². The molecule has 2 rings (SSSR count). The Morgan fingerprint density at radius 2 is 1.77 bits per heavy atom. The standard InChI is InChI=1S/C16H26N4O3S.2ClH/c1-13(11-17)16(21)18-12-14-5-3-4-6-15(14)24(22,23)20-9-7-19(2)8-10-20;;/h3-6,13H,7-12,17H2,1-2H3,(H,18,21);2*1H. The van der Waals surface area contributed by atoms with E-state index >= 15 is 0 Å².